The van der Waals surface area contributed by atoms with E-state index in [0.29, 0.717) is 12.3 Å². The lowest BCUT2D eigenvalue weighted by Crippen LogP contribution is -2.66. The minimum Gasteiger partial charge on any atom is -0.481 e. The van der Waals surface area contributed by atoms with Crippen molar-refractivity contribution in [2.24, 2.45) is 56.2 Å². The first-order valence-corrected chi connectivity index (χ1v) is 17.5. The summed E-state index contributed by atoms with van der Waals surface area (Å²) in [5.41, 5.74) is 0.294. The summed E-state index contributed by atoms with van der Waals surface area (Å²) in [6.45, 7) is 15.2. The van der Waals surface area contributed by atoms with Crippen LogP contribution in [0.1, 0.15) is 113 Å². The van der Waals surface area contributed by atoms with Crippen molar-refractivity contribution in [3.05, 3.63) is 11.6 Å². The molecule has 6 rings (SSSR count). The number of allylic oxidation sites excluding steroid dienone is 2. The number of aliphatic hydroxyl groups excluding tert-OH is 3. The van der Waals surface area contributed by atoms with Crippen molar-refractivity contribution in [3.8, 4) is 0 Å². The molecule has 0 amide bonds. The van der Waals surface area contributed by atoms with E-state index in [0.717, 1.165) is 57.8 Å². The van der Waals surface area contributed by atoms with Gasteiger partial charge in [-0.1, -0.05) is 60.1 Å². The zero-order valence-electron chi connectivity index (χ0n) is 28.4. The van der Waals surface area contributed by atoms with Crippen molar-refractivity contribution in [1.82, 2.24) is 0 Å². The molecule has 8 heteroatoms. The molecular weight excluding hydrogens is 575 g/mol. The van der Waals surface area contributed by atoms with Gasteiger partial charge in [0.2, 0.25) is 0 Å². The summed E-state index contributed by atoms with van der Waals surface area (Å²) < 4.78 is 19.3. The van der Waals surface area contributed by atoms with Crippen LogP contribution in [0, 0.1) is 56.2 Å². The highest BCUT2D eigenvalue weighted by atomic mass is 19.1. The standard InChI is InChI=1S/C37H57FO7/c1-32(2)14-16-37(31(43)44)17-15-35(6)20(22(37)18-32)8-9-25-34(5)12-10-21(33(3,4)24(34)11-13-36(25,35)7)26(39)30-29(42)28(41)27(40)23(19-38)45-30/h8,21-25,27-30,40-42H,9-19H2,1-7H3,(H,43,44)/t21-,22?,23?,24?,25?,27-,28?,29+,30+,34+,35-,36-,37+/m1/s1. The van der Waals surface area contributed by atoms with E-state index in [-0.39, 0.29) is 39.3 Å². The minimum absolute atomic E-state index is 0.00121. The molecule has 0 aromatic rings. The molecule has 13 atom stereocenters. The second-order valence-electron chi connectivity index (χ2n) is 18.2. The number of carbonyl (C=O) groups excluding carboxylic acids is 1. The normalized spacial score (nSPS) is 51.9. The fourth-order valence-corrected chi connectivity index (χ4v) is 12.7. The number of hydrogen-bond donors (Lipinski definition) is 4. The highest BCUT2D eigenvalue weighted by molar-refractivity contribution is 5.87. The molecule has 5 aliphatic carbocycles. The lowest BCUT2D eigenvalue weighted by Gasteiger charge is -2.71. The summed E-state index contributed by atoms with van der Waals surface area (Å²) in [6, 6.07) is 0. The Hall–Kier alpha value is -1.35. The van der Waals surface area contributed by atoms with Gasteiger partial charge in [0, 0.05) is 5.92 Å². The largest absolute Gasteiger partial charge is 0.481 e. The van der Waals surface area contributed by atoms with Gasteiger partial charge in [-0.3, -0.25) is 9.59 Å². The lowest BCUT2D eigenvalue weighted by molar-refractivity contribution is -0.230. The monoisotopic (exact) mass is 632 g/mol. The maximum Gasteiger partial charge on any atom is 0.310 e. The number of Topliss-reactive ketones (excluding diaryl/α,β-unsaturated/α-hetero) is 1. The number of fused-ring (bicyclic) bond motifs is 7. The van der Waals surface area contributed by atoms with Gasteiger partial charge in [0.15, 0.2) is 5.78 Å². The molecule has 0 spiro atoms. The molecular formula is C37H57FO7. The predicted molar refractivity (Wildman–Crippen MR) is 168 cm³/mol. The number of alkyl halides is 1. The number of aliphatic hydroxyl groups is 3. The Morgan fingerprint density at radius 3 is 2.18 bits per heavy atom. The molecule has 45 heavy (non-hydrogen) atoms. The number of ether oxygens (including phenoxy) is 1. The summed E-state index contributed by atoms with van der Waals surface area (Å²) in [6.07, 6.45) is 3.47. The Kier molecular flexibility index (Phi) is 7.88. The first-order chi connectivity index (χ1) is 20.8. The van der Waals surface area contributed by atoms with Crippen molar-refractivity contribution < 1.29 is 39.1 Å². The van der Waals surface area contributed by atoms with Crippen LogP contribution in [-0.4, -0.2) is 69.4 Å². The highest BCUT2D eigenvalue weighted by Crippen LogP contribution is 2.76. The number of rotatable bonds is 4. The first kappa shape index (κ1) is 33.5. The number of ketones is 1. The highest BCUT2D eigenvalue weighted by Gasteiger charge is 2.70. The molecule has 4 saturated carbocycles. The van der Waals surface area contributed by atoms with Crippen LogP contribution in [0.3, 0.4) is 0 Å². The van der Waals surface area contributed by atoms with E-state index in [4.69, 9.17) is 4.74 Å². The zero-order valence-corrected chi connectivity index (χ0v) is 28.4. The van der Waals surface area contributed by atoms with Gasteiger partial charge in [-0.25, -0.2) is 4.39 Å². The van der Waals surface area contributed by atoms with Gasteiger partial charge in [-0.05, 0) is 109 Å². The fraction of sp³-hybridized carbons (Fsp3) is 0.892. The Bertz CT molecular complexity index is 1260. The summed E-state index contributed by atoms with van der Waals surface area (Å²) in [5.74, 6) is -0.677. The van der Waals surface area contributed by atoms with Gasteiger partial charge in [-0.15, -0.1) is 0 Å². The van der Waals surface area contributed by atoms with Gasteiger partial charge in [0.05, 0.1) is 5.41 Å². The van der Waals surface area contributed by atoms with Crippen molar-refractivity contribution >= 4 is 11.8 Å². The van der Waals surface area contributed by atoms with Gasteiger partial charge in [-0.2, -0.15) is 0 Å². The van der Waals surface area contributed by atoms with Crippen molar-refractivity contribution in [2.45, 2.75) is 143 Å². The maximum absolute atomic E-state index is 14.1. The third-order valence-corrected chi connectivity index (χ3v) is 15.6. The van der Waals surface area contributed by atoms with E-state index in [1.54, 1.807) is 0 Å². The number of hydrogen-bond acceptors (Lipinski definition) is 6. The number of carboxylic acids is 1. The third kappa shape index (κ3) is 4.46. The van der Waals surface area contributed by atoms with Crippen LogP contribution < -0.4 is 0 Å². The van der Waals surface area contributed by atoms with Crippen LogP contribution in [0.15, 0.2) is 11.6 Å². The molecule has 4 N–H and O–H groups in total. The summed E-state index contributed by atoms with van der Waals surface area (Å²) in [5, 5.41) is 41.9. The van der Waals surface area contributed by atoms with Gasteiger partial charge < -0.3 is 25.2 Å². The molecule has 6 aliphatic rings. The van der Waals surface area contributed by atoms with Crippen LogP contribution >= 0.6 is 0 Å². The second-order valence-corrected chi connectivity index (χ2v) is 18.2. The van der Waals surface area contributed by atoms with Gasteiger partial charge in [0.25, 0.3) is 0 Å². The van der Waals surface area contributed by atoms with Crippen molar-refractivity contribution in [1.29, 1.82) is 0 Å². The number of carboxylic acid groups (broad SMARTS) is 1. The molecule has 1 heterocycles. The van der Waals surface area contributed by atoms with Crippen LogP contribution in [0.4, 0.5) is 4.39 Å². The topological polar surface area (TPSA) is 124 Å². The number of halogens is 1. The zero-order chi connectivity index (χ0) is 33.1. The van der Waals surface area contributed by atoms with Gasteiger partial charge >= 0.3 is 5.97 Å². The molecule has 1 saturated heterocycles. The summed E-state index contributed by atoms with van der Waals surface area (Å²) in [4.78, 5) is 27.0. The predicted octanol–water partition coefficient (Wildman–Crippen LogP) is 5.88. The van der Waals surface area contributed by atoms with Crippen LogP contribution in [-0.2, 0) is 14.3 Å². The van der Waals surface area contributed by atoms with Crippen molar-refractivity contribution in [2.75, 3.05) is 6.67 Å². The molecule has 5 unspecified atom stereocenters. The van der Waals surface area contributed by atoms with E-state index in [1.807, 2.05) is 0 Å². The van der Waals surface area contributed by atoms with E-state index in [1.165, 1.54) is 5.57 Å². The van der Waals surface area contributed by atoms with E-state index < -0.39 is 59.9 Å². The Morgan fingerprint density at radius 1 is 0.867 bits per heavy atom. The molecule has 1 aliphatic heterocycles. The maximum atomic E-state index is 14.1. The number of carbonyl (C=O) groups is 2. The Labute approximate surface area is 268 Å². The molecule has 7 nitrogen and oxygen atoms in total. The molecule has 5 fully saturated rings. The lowest BCUT2D eigenvalue weighted by atomic mass is 9.33. The SMILES string of the molecule is CC1(C)CC[C@]2(C(=O)O)CC[C@]3(C)C(=CCC4[C@@]5(C)CC[C@H](C(=O)[C@@H]6OC(CF)[C@@H](O)C(O)[C@@H]6O)C(C)(C)C5CC[C@]43C)C2C1. The summed E-state index contributed by atoms with van der Waals surface area (Å²) >= 11 is 0. The molecule has 0 aromatic carbocycles. The van der Waals surface area contributed by atoms with Crippen LogP contribution in [0.25, 0.3) is 0 Å². The van der Waals surface area contributed by atoms with E-state index >= 15 is 0 Å². The fourth-order valence-electron chi connectivity index (χ4n) is 12.7. The quantitative estimate of drug-likeness (QED) is 0.286. The molecule has 0 radical (unpaired) electrons. The summed E-state index contributed by atoms with van der Waals surface area (Å²) in [7, 11) is 0. The first-order valence-electron chi connectivity index (χ1n) is 17.5. The van der Waals surface area contributed by atoms with Crippen LogP contribution in [0.5, 0.6) is 0 Å². The van der Waals surface area contributed by atoms with E-state index in [2.05, 4.69) is 54.5 Å². The number of aliphatic carboxylic acids is 1. The average Bonchev–Trinajstić information content (AvgIpc) is 2.95. The Balaban J connectivity index is 1.31. The molecule has 254 valence electrons. The third-order valence-electron chi connectivity index (χ3n) is 15.6. The van der Waals surface area contributed by atoms with Crippen LogP contribution in [0.2, 0.25) is 0 Å². The minimum atomic E-state index is -1.64. The van der Waals surface area contributed by atoms with Gasteiger partial charge in [0.1, 0.15) is 37.2 Å². The van der Waals surface area contributed by atoms with Crippen molar-refractivity contribution in [3.63, 3.8) is 0 Å². The van der Waals surface area contributed by atoms with E-state index in [9.17, 15) is 34.4 Å². The molecule has 0 aromatic heterocycles. The second kappa shape index (κ2) is 10.6. The average molecular weight is 633 g/mol. The smallest absolute Gasteiger partial charge is 0.310 e. The Morgan fingerprint density at radius 2 is 1.53 bits per heavy atom. The molecule has 0 bridgehead atoms.